The van der Waals surface area contributed by atoms with Crippen molar-refractivity contribution in [2.75, 3.05) is 5.73 Å². The van der Waals surface area contributed by atoms with Crippen LogP contribution in [0.15, 0.2) is 59.1 Å². The molecule has 1 amide bonds. The summed E-state index contributed by atoms with van der Waals surface area (Å²) in [5.41, 5.74) is 15.1. The lowest BCUT2D eigenvalue weighted by Crippen LogP contribution is -2.42. The molecule has 162 valence electrons. The molecule has 0 unspecified atom stereocenters. The lowest BCUT2D eigenvalue weighted by atomic mass is 9.77. The van der Waals surface area contributed by atoms with Gasteiger partial charge < -0.3 is 16.6 Å². The van der Waals surface area contributed by atoms with Gasteiger partial charge in [0, 0.05) is 21.0 Å². The summed E-state index contributed by atoms with van der Waals surface area (Å²) >= 11 is 3.58. The zero-order chi connectivity index (χ0) is 22.6. The molecular formula is C24H22BrN5O2. The number of hydrogen-bond acceptors (Lipinski definition) is 5. The van der Waals surface area contributed by atoms with Crippen molar-refractivity contribution in [2.45, 2.75) is 31.4 Å². The predicted molar refractivity (Wildman–Crippen MR) is 128 cm³/mol. The molecule has 0 aliphatic heterocycles. The van der Waals surface area contributed by atoms with Gasteiger partial charge in [0.25, 0.3) is 5.91 Å². The smallest absolute Gasteiger partial charge is 0.254 e. The fourth-order valence-corrected chi connectivity index (χ4v) is 4.87. The molecule has 5 N–H and O–H groups in total. The first-order chi connectivity index (χ1) is 15.2. The van der Waals surface area contributed by atoms with Gasteiger partial charge in [-0.25, -0.2) is 9.67 Å². The standard InChI is InChI=1S/C24H22BrN5O2/c1-24(32)11-15(12-24)30-22(26)20(23(27)31)21(29-30)14-7-6-13-8-9-18(28-19(13)10-14)16-4-2-3-5-17(16)25/h2-10,15,32H,11-12,26H2,1H3,(H2,27,31)/t15-,24+. The van der Waals surface area contributed by atoms with Gasteiger partial charge in [0.15, 0.2) is 0 Å². The normalized spacial score (nSPS) is 20.3. The molecule has 0 bridgehead atoms. The first-order valence-electron chi connectivity index (χ1n) is 10.3. The van der Waals surface area contributed by atoms with E-state index in [9.17, 15) is 9.90 Å². The van der Waals surface area contributed by atoms with E-state index in [1.807, 2.05) is 54.6 Å². The Hall–Kier alpha value is -3.23. The highest BCUT2D eigenvalue weighted by atomic mass is 79.9. The van der Waals surface area contributed by atoms with Crippen molar-refractivity contribution < 1.29 is 9.90 Å². The highest BCUT2D eigenvalue weighted by Crippen LogP contribution is 2.43. The fraction of sp³-hybridized carbons (Fsp3) is 0.208. The summed E-state index contributed by atoms with van der Waals surface area (Å²) in [5, 5.41) is 15.7. The maximum absolute atomic E-state index is 12.2. The molecule has 8 heteroatoms. The highest BCUT2D eigenvalue weighted by molar-refractivity contribution is 9.10. The lowest BCUT2D eigenvalue weighted by Gasteiger charge is -2.41. The summed E-state index contributed by atoms with van der Waals surface area (Å²) in [4.78, 5) is 17.1. The number of benzene rings is 2. The monoisotopic (exact) mass is 491 g/mol. The molecule has 0 saturated heterocycles. The second-order valence-electron chi connectivity index (χ2n) is 8.56. The van der Waals surface area contributed by atoms with Crippen molar-refractivity contribution >= 4 is 38.6 Å². The summed E-state index contributed by atoms with van der Waals surface area (Å²) in [6.07, 6.45) is 1.04. The van der Waals surface area contributed by atoms with Gasteiger partial charge in [0.1, 0.15) is 17.1 Å². The van der Waals surface area contributed by atoms with E-state index in [4.69, 9.17) is 16.5 Å². The Morgan fingerprint density at radius 2 is 1.91 bits per heavy atom. The molecule has 1 fully saturated rings. The van der Waals surface area contributed by atoms with Crippen LogP contribution in [-0.2, 0) is 0 Å². The molecule has 0 radical (unpaired) electrons. The Balaban J connectivity index is 1.61. The number of carbonyl (C=O) groups excluding carboxylic acids is 1. The zero-order valence-corrected chi connectivity index (χ0v) is 19.0. The summed E-state index contributed by atoms with van der Waals surface area (Å²) in [5.74, 6) is -0.409. The number of amides is 1. The molecule has 1 aliphatic carbocycles. The summed E-state index contributed by atoms with van der Waals surface area (Å²) in [6.45, 7) is 1.77. The molecule has 2 heterocycles. The van der Waals surface area contributed by atoms with E-state index < -0.39 is 11.5 Å². The highest BCUT2D eigenvalue weighted by Gasteiger charge is 2.41. The fourth-order valence-electron chi connectivity index (χ4n) is 4.38. The van der Waals surface area contributed by atoms with Crippen molar-refractivity contribution in [3.8, 4) is 22.5 Å². The van der Waals surface area contributed by atoms with E-state index in [0.717, 1.165) is 26.6 Å². The third-order valence-electron chi connectivity index (χ3n) is 6.01. The number of nitrogens with zero attached hydrogens (tertiary/aromatic N) is 3. The van der Waals surface area contributed by atoms with Gasteiger partial charge in [-0.2, -0.15) is 5.10 Å². The number of fused-ring (bicyclic) bond motifs is 1. The third-order valence-corrected chi connectivity index (χ3v) is 6.70. The van der Waals surface area contributed by atoms with Crippen molar-refractivity contribution in [3.05, 3.63) is 64.6 Å². The van der Waals surface area contributed by atoms with E-state index in [0.29, 0.717) is 24.1 Å². The molecule has 2 aromatic heterocycles. The van der Waals surface area contributed by atoms with Crippen molar-refractivity contribution in [3.63, 3.8) is 0 Å². The number of hydrogen-bond donors (Lipinski definition) is 3. The van der Waals surface area contributed by atoms with Crippen LogP contribution >= 0.6 is 15.9 Å². The summed E-state index contributed by atoms with van der Waals surface area (Å²) in [7, 11) is 0. The molecule has 1 saturated carbocycles. The van der Waals surface area contributed by atoms with Gasteiger partial charge in [-0.15, -0.1) is 0 Å². The SMILES string of the molecule is C[C@]1(O)C[C@@H](n2nc(-c3ccc4ccc(-c5ccccc5Br)nc4c3)c(C(N)=O)c2N)C1. The van der Waals surface area contributed by atoms with E-state index in [1.165, 1.54) is 0 Å². The van der Waals surface area contributed by atoms with Crippen LogP contribution in [0, 0.1) is 0 Å². The lowest BCUT2D eigenvalue weighted by molar-refractivity contribution is -0.0535. The first-order valence-corrected chi connectivity index (χ1v) is 11.1. The molecule has 0 spiro atoms. The van der Waals surface area contributed by atoms with Crippen LogP contribution in [0.5, 0.6) is 0 Å². The average Bonchev–Trinajstić information content (AvgIpc) is 3.08. The Morgan fingerprint density at radius 1 is 1.19 bits per heavy atom. The number of carbonyl (C=O) groups is 1. The molecule has 32 heavy (non-hydrogen) atoms. The van der Waals surface area contributed by atoms with Crippen molar-refractivity contribution in [1.29, 1.82) is 0 Å². The predicted octanol–water partition coefficient (Wildman–Crippen LogP) is 4.29. The number of nitrogen functional groups attached to an aromatic ring is 1. The topological polar surface area (TPSA) is 120 Å². The number of pyridine rings is 1. The van der Waals surface area contributed by atoms with Crippen LogP contribution in [0.4, 0.5) is 5.82 Å². The molecule has 4 aromatic rings. The number of aromatic nitrogens is 3. The molecule has 1 aliphatic rings. The van der Waals surface area contributed by atoms with Crippen LogP contribution < -0.4 is 11.5 Å². The summed E-state index contributed by atoms with van der Waals surface area (Å²) in [6, 6.07) is 17.5. The minimum Gasteiger partial charge on any atom is -0.390 e. The molecule has 2 aromatic carbocycles. The van der Waals surface area contributed by atoms with E-state index in [2.05, 4.69) is 21.0 Å². The van der Waals surface area contributed by atoms with Crippen LogP contribution in [-0.4, -0.2) is 31.4 Å². The Labute approximate surface area is 193 Å². The first kappa shape index (κ1) is 20.7. The molecule has 7 nitrogen and oxygen atoms in total. The van der Waals surface area contributed by atoms with Crippen molar-refractivity contribution in [2.24, 2.45) is 5.73 Å². The number of nitrogens with two attached hydrogens (primary N) is 2. The average molecular weight is 492 g/mol. The number of aliphatic hydroxyl groups is 1. The van der Waals surface area contributed by atoms with Gasteiger partial charge in [-0.1, -0.05) is 52.3 Å². The molecule has 0 atom stereocenters. The minimum atomic E-state index is -0.745. The zero-order valence-electron chi connectivity index (χ0n) is 17.4. The second-order valence-corrected chi connectivity index (χ2v) is 9.41. The van der Waals surface area contributed by atoms with Crippen LogP contribution in [0.1, 0.15) is 36.2 Å². The van der Waals surface area contributed by atoms with Gasteiger partial charge >= 0.3 is 0 Å². The number of primary amides is 1. The largest absolute Gasteiger partial charge is 0.390 e. The minimum absolute atomic E-state index is 0.0718. The Bertz CT molecular complexity index is 1370. The number of anilines is 1. The number of halogens is 1. The second kappa shape index (κ2) is 7.43. The van der Waals surface area contributed by atoms with Gasteiger partial charge in [-0.3, -0.25) is 4.79 Å². The third kappa shape index (κ3) is 3.45. The van der Waals surface area contributed by atoms with Gasteiger partial charge in [-0.05, 0) is 38.0 Å². The quantitative estimate of drug-likeness (QED) is 0.393. The maximum Gasteiger partial charge on any atom is 0.254 e. The van der Waals surface area contributed by atoms with Gasteiger partial charge in [0.2, 0.25) is 0 Å². The Morgan fingerprint density at radius 3 is 2.59 bits per heavy atom. The molecular weight excluding hydrogens is 470 g/mol. The molecule has 5 rings (SSSR count). The van der Waals surface area contributed by atoms with Gasteiger partial charge in [0.05, 0.1) is 22.9 Å². The number of rotatable bonds is 4. The Kier molecular flexibility index (Phi) is 4.79. The maximum atomic E-state index is 12.2. The summed E-state index contributed by atoms with van der Waals surface area (Å²) < 4.78 is 2.57. The van der Waals surface area contributed by atoms with Crippen molar-refractivity contribution in [1.82, 2.24) is 14.8 Å². The van der Waals surface area contributed by atoms with Crippen LogP contribution in [0.25, 0.3) is 33.4 Å². The van der Waals surface area contributed by atoms with Crippen LogP contribution in [0.3, 0.4) is 0 Å². The van der Waals surface area contributed by atoms with E-state index >= 15 is 0 Å². The van der Waals surface area contributed by atoms with Crippen LogP contribution in [0.2, 0.25) is 0 Å². The van der Waals surface area contributed by atoms with E-state index in [-0.39, 0.29) is 17.4 Å². The van der Waals surface area contributed by atoms with E-state index in [1.54, 1.807) is 11.6 Å².